The predicted octanol–water partition coefficient (Wildman–Crippen LogP) is 2.54. The zero-order chi connectivity index (χ0) is 8.39. The summed E-state index contributed by atoms with van der Waals surface area (Å²) in [6, 6.07) is 4.74. The smallest absolute Gasteiger partial charge is 0.123 e. The van der Waals surface area contributed by atoms with E-state index < -0.39 is 0 Å². The summed E-state index contributed by atoms with van der Waals surface area (Å²) in [5, 5.41) is 0. The first-order chi connectivity index (χ1) is 5.86. The Morgan fingerprint density at radius 3 is 3.08 bits per heavy atom. The molecule has 0 saturated carbocycles. The van der Waals surface area contributed by atoms with Gasteiger partial charge in [0.15, 0.2) is 0 Å². The van der Waals surface area contributed by atoms with E-state index in [0.29, 0.717) is 0 Å². The van der Waals surface area contributed by atoms with Crippen LogP contribution in [0.1, 0.15) is 18.4 Å². The molecule has 1 aliphatic rings. The molecule has 0 N–H and O–H groups in total. The third-order valence-electron chi connectivity index (χ3n) is 2.12. The van der Waals surface area contributed by atoms with E-state index in [0.717, 1.165) is 37.2 Å². The van der Waals surface area contributed by atoms with E-state index in [2.05, 4.69) is 0 Å². The zero-order valence-corrected chi connectivity index (χ0v) is 6.85. The van der Waals surface area contributed by atoms with Crippen LogP contribution in [0.4, 0.5) is 4.39 Å². The first kappa shape index (κ1) is 7.59. The Balaban J connectivity index is 2.36. The van der Waals surface area contributed by atoms with Gasteiger partial charge in [0.2, 0.25) is 0 Å². The maximum atomic E-state index is 12.8. The summed E-state index contributed by atoms with van der Waals surface area (Å²) in [6.45, 7) is 0.763. The van der Waals surface area contributed by atoms with Gasteiger partial charge in [0.25, 0.3) is 0 Å². The first-order valence-corrected chi connectivity index (χ1v) is 4.27. The lowest BCUT2D eigenvalue weighted by molar-refractivity contribution is 0.316. The van der Waals surface area contributed by atoms with Gasteiger partial charge >= 0.3 is 0 Å². The quantitative estimate of drug-likeness (QED) is 0.575. The van der Waals surface area contributed by atoms with Crippen LogP contribution in [-0.4, -0.2) is 6.61 Å². The van der Waals surface area contributed by atoms with Crippen molar-refractivity contribution in [3.8, 4) is 5.75 Å². The van der Waals surface area contributed by atoms with E-state index >= 15 is 0 Å². The van der Waals surface area contributed by atoms with Gasteiger partial charge in [-0.25, -0.2) is 4.39 Å². The van der Waals surface area contributed by atoms with Crippen molar-refractivity contribution in [2.75, 3.05) is 6.61 Å². The van der Waals surface area contributed by atoms with E-state index in [9.17, 15) is 4.39 Å². The molecule has 0 amide bonds. The standard InChI is InChI=1S/C10H11FO/c11-9-4-5-10-8(7-9)3-1-2-6-12-10/h4-5,7H,1-3,6H2. The maximum absolute atomic E-state index is 12.8. The van der Waals surface area contributed by atoms with Gasteiger partial charge in [0, 0.05) is 0 Å². The minimum absolute atomic E-state index is 0.167. The molecule has 0 fully saturated rings. The fraction of sp³-hybridized carbons (Fsp3) is 0.400. The van der Waals surface area contributed by atoms with E-state index in [1.807, 2.05) is 0 Å². The van der Waals surface area contributed by atoms with Gasteiger partial charge in [-0.15, -0.1) is 0 Å². The molecule has 1 nitrogen and oxygen atoms in total. The molecule has 0 bridgehead atoms. The minimum atomic E-state index is -0.167. The highest BCUT2D eigenvalue weighted by Gasteiger charge is 2.08. The van der Waals surface area contributed by atoms with Crippen LogP contribution in [0.2, 0.25) is 0 Å². The normalized spacial score (nSPS) is 16.1. The predicted molar refractivity (Wildman–Crippen MR) is 44.8 cm³/mol. The Kier molecular flexibility index (Phi) is 1.98. The highest BCUT2D eigenvalue weighted by molar-refractivity contribution is 5.34. The summed E-state index contributed by atoms with van der Waals surface area (Å²) in [7, 11) is 0. The summed E-state index contributed by atoms with van der Waals surface area (Å²) in [5.74, 6) is 0.688. The van der Waals surface area contributed by atoms with E-state index in [1.165, 1.54) is 6.07 Å². The average molecular weight is 166 g/mol. The summed E-state index contributed by atoms with van der Waals surface area (Å²) >= 11 is 0. The molecule has 0 spiro atoms. The summed E-state index contributed by atoms with van der Waals surface area (Å²) in [4.78, 5) is 0. The average Bonchev–Trinajstić information content (AvgIpc) is 2.28. The number of hydrogen-bond acceptors (Lipinski definition) is 1. The van der Waals surface area contributed by atoms with E-state index in [4.69, 9.17) is 4.74 Å². The molecule has 0 atom stereocenters. The van der Waals surface area contributed by atoms with Gasteiger partial charge in [-0.3, -0.25) is 0 Å². The molecule has 64 valence electrons. The molecule has 1 aromatic carbocycles. The summed E-state index contributed by atoms with van der Waals surface area (Å²) in [6.07, 6.45) is 3.10. The maximum Gasteiger partial charge on any atom is 0.123 e. The fourth-order valence-electron chi connectivity index (χ4n) is 1.48. The fourth-order valence-corrected chi connectivity index (χ4v) is 1.48. The molecular weight excluding hydrogens is 155 g/mol. The number of benzene rings is 1. The monoisotopic (exact) mass is 166 g/mol. The Morgan fingerprint density at radius 2 is 2.17 bits per heavy atom. The van der Waals surface area contributed by atoms with Crippen molar-refractivity contribution in [2.45, 2.75) is 19.3 Å². The Bertz CT molecular complexity index is 283. The molecular formula is C10H11FO. The molecule has 0 unspecified atom stereocenters. The Hall–Kier alpha value is -1.05. The van der Waals surface area contributed by atoms with Crippen molar-refractivity contribution in [3.63, 3.8) is 0 Å². The van der Waals surface area contributed by atoms with E-state index in [1.54, 1.807) is 12.1 Å². The number of aryl methyl sites for hydroxylation is 1. The summed E-state index contributed by atoms with van der Waals surface area (Å²) in [5.41, 5.74) is 1.01. The Morgan fingerprint density at radius 1 is 1.25 bits per heavy atom. The molecule has 0 aromatic heterocycles. The topological polar surface area (TPSA) is 9.23 Å². The third kappa shape index (κ3) is 1.42. The van der Waals surface area contributed by atoms with Gasteiger partial charge in [0.1, 0.15) is 11.6 Å². The molecule has 0 radical (unpaired) electrons. The zero-order valence-electron chi connectivity index (χ0n) is 6.85. The van der Waals surface area contributed by atoms with Gasteiger partial charge in [-0.2, -0.15) is 0 Å². The van der Waals surface area contributed by atoms with Crippen LogP contribution < -0.4 is 4.74 Å². The third-order valence-corrected chi connectivity index (χ3v) is 2.12. The van der Waals surface area contributed by atoms with Gasteiger partial charge < -0.3 is 4.74 Å². The Labute approximate surface area is 71.2 Å². The molecule has 1 aliphatic heterocycles. The van der Waals surface area contributed by atoms with Crippen molar-refractivity contribution < 1.29 is 9.13 Å². The van der Waals surface area contributed by atoms with Crippen molar-refractivity contribution in [2.24, 2.45) is 0 Å². The lowest BCUT2D eigenvalue weighted by Crippen LogP contribution is -1.94. The van der Waals surface area contributed by atoms with Crippen LogP contribution in [0.3, 0.4) is 0 Å². The lowest BCUT2D eigenvalue weighted by Gasteiger charge is -2.05. The molecule has 2 rings (SSSR count). The second kappa shape index (κ2) is 3.13. The SMILES string of the molecule is Fc1ccc2c(c1)CCCCO2. The van der Waals surface area contributed by atoms with Crippen LogP contribution in [0.5, 0.6) is 5.75 Å². The van der Waals surface area contributed by atoms with Gasteiger partial charge in [0.05, 0.1) is 6.61 Å². The first-order valence-electron chi connectivity index (χ1n) is 4.27. The van der Waals surface area contributed by atoms with E-state index in [-0.39, 0.29) is 5.82 Å². The number of fused-ring (bicyclic) bond motifs is 1. The van der Waals surface area contributed by atoms with Gasteiger partial charge in [-0.1, -0.05) is 0 Å². The lowest BCUT2D eigenvalue weighted by atomic mass is 10.1. The molecule has 0 aliphatic carbocycles. The van der Waals surface area contributed by atoms with Crippen molar-refractivity contribution >= 4 is 0 Å². The molecule has 0 saturated heterocycles. The van der Waals surface area contributed by atoms with Crippen LogP contribution in [0.15, 0.2) is 18.2 Å². The van der Waals surface area contributed by atoms with Crippen molar-refractivity contribution in [3.05, 3.63) is 29.6 Å². The van der Waals surface area contributed by atoms with Crippen LogP contribution >= 0.6 is 0 Å². The molecule has 1 heterocycles. The largest absolute Gasteiger partial charge is 0.493 e. The van der Waals surface area contributed by atoms with Crippen LogP contribution in [-0.2, 0) is 6.42 Å². The highest BCUT2D eigenvalue weighted by atomic mass is 19.1. The van der Waals surface area contributed by atoms with Crippen LogP contribution in [0.25, 0.3) is 0 Å². The molecule has 12 heavy (non-hydrogen) atoms. The number of halogens is 1. The molecule has 2 heteroatoms. The van der Waals surface area contributed by atoms with Crippen molar-refractivity contribution in [1.82, 2.24) is 0 Å². The molecule has 1 aromatic rings. The number of rotatable bonds is 0. The number of ether oxygens (including phenoxy) is 1. The summed E-state index contributed by atoms with van der Waals surface area (Å²) < 4.78 is 18.2. The second-order valence-corrected chi connectivity index (χ2v) is 3.06. The van der Waals surface area contributed by atoms with Crippen LogP contribution in [0, 0.1) is 5.82 Å². The minimum Gasteiger partial charge on any atom is -0.493 e. The highest BCUT2D eigenvalue weighted by Crippen LogP contribution is 2.24. The van der Waals surface area contributed by atoms with Crippen molar-refractivity contribution in [1.29, 1.82) is 0 Å². The second-order valence-electron chi connectivity index (χ2n) is 3.06. The van der Waals surface area contributed by atoms with Gasteiger partial charge in [-0.05, 0) is 43.0 Å². The number of hydrogen-bond donors (Lipinski definition) is 0.